The van der Waals surface area contributed by atoms with Gasteiger partial charge in [0.15, 0.2) is 0 Å². The molecule has 0 bridgehead atoms. The van der Waals surface area contributed by atoms with Gasteiger partial charge in [-0.1, -0.05) is 12.1 Å². The molecule has 0 aliphatic heterocycles. The van der Waals surface area contributed by atoms with Crippen LogP contribution in [0.2, 0.25) is 0 Å². The SMILES string of the molecule is COc1ccccc1-c1cc(NCC(=O)O)nc(C)n1. The number of aryl methyl sites for hydroxylation is 1. The molecule has 2 rings (SSSR count). The van der Waals surface area contributed by atoms with Crippen molar-refractivity contribution >= 4 is 11.8 Å². The number of nitrogens with zero attached hydrogens (tertiary/aromatic N) is 2. The van der Waals surface area contributed by atoms with E-state index in [4.69, 9.17) is 9.84 Å². The molecule has 0 radical (unpaired) electrons. The molecule has 0 atom stereocenters. The predicted octanol–water partition coefficient (Wildman–Crippen LogP) is 1.96. The van der Waals surface area contributed by atoms with Crippen LogP contribution in [0.4, 0.5) is 5.82 Å². The highest BCUT2D eigenvalue weighted by molar-refractivity contribution is 5.73. The van der Waals surface area contributed by atoms with Crippen LogP contribution in [0.1, 0.15) is 5.82 Å². The smallest absolute Gasteiger partial charge is 0.322 e. The van der Waals surface area contributed by atoms with Crippen molar-refractivity contribution in [3.63, 3.8) is 0 Å². The van der Waals surface area contributed by atoms with Crippen molar-refractivity contribution in [1.29, 1.82) is 0 Å². The first-order valence-electron chi connectivity index (χ1n) is 6.05. The molecule has 1 aromatic heterocycles. The van der Waals surface area contributed by atoms with E-state index in [9.17, 15) is 4.79 Å². The molecule has 0 spiro atoms. The number of hydrogen-bond donors (Lipinski definition) is 2. The Hall–Kier alpha value is -2.63. The van der Waals surface area contributed by atoms with E-state index in [1.54, 1.807) is 20.1 Å². The van der Waals surface area contributed by atoms with Crippen molar-refractivity contribution in [3.05, 3.63) is 36.2 Å². The molecule has 6 nitrogen and oxygen atoms in total. The molecule has 0 saturated carbocycles. The van der Waals surface area contributed by atoms with E-state index in [0.717, 1.165) is 5.56 Å². The topological polar surface area (TPSA) is 84.3 Å². The van der Waals surface area contributed by atoms with Crippen molar-refractivity contribution in [3.8, 4) is 17.0 Å². The Labute approximate surface area is 116 Å². The van der Waals surface area contributed by atoms with Gasteiger partial charge in [0, 0.05) is 11.6 Å². The van der Waals surface area contributed by atoms with Crippen molar-refractivity contribution in [2.45, 2.75) is 6.92 Å². The quantitative estimate of drug-likeness (QED) is 0.866. The molecule has 0 unspecified atom stereocenters. The summed E-state index contributed by atoms with van der Waals surface area (Å²) in [6.07, 6.45) is 0. The average Bonchev–Trinajstić information content (AvgIpc) is 2.44. The molecule has 20 heavy (non-hydrogen) atoms. The largest absolute Gasteiger partial charge is 0.496 e. The highest BCUT2D eigenvalue weighted by Gasteiger charge is 2.09. The lowest BCUT2D eigenvalue weighted by Gasteiger charge is -2.10. The van der Waals surface area contributed by atoms with Crippen LogP contribution < -0.4 is 10.1 Å². The molecule has 0 fully saturated rings. The third-order valence-corrected chi connectivity index (χ3v) is 2.64. The fraction of sp³-hybridized carbons (Fsp3) is 0.214. The van der Waals surface area contributed by atoms with Crippen LogP contribution >= 0.6 is 0 Å². The Kier molecular flexibility index (Phi) is 4.14. The van der Waals surface area contributed by atoms with Crippen LogP contribution in [0.15, 0.2) is 30.3 Å². The summed E-state index contributed by atoms with van der Waals surface area (Å²) in [5.74, 6) is 0.789. The zero-order valence-corrected chi connectivity index (χ0v) is 11.3. The van der Waals surface area contributed by atoms with E-state index in [0.29, 0.717) is 23.1 Å². The van der Waals surface area contributed by atoms with E-state index in [-0.39, 0.29) is 6.54 Å². The summed E-state index contributed by atoms with van der Waals surface area (Å²) in [5.41, 5.74) is 1.52. The molecular formula is C14H15N3O3. The molecule has 1 heterocycles. The summed E-state index contributed by atoms with van der Waals surface area (Å²) in [4.78, 5) is 19.1. The molecule has 0 saturated heterocycles. The lowest BCUT2D eigenvalue weighted by atomic mass is 10.1. The number of para-hydroxylation sites is 1. The summed E-state index contributed by atoms with van der Waals surface area (Å²) >= 11 is 0. The van der Waals surface area contributed by atoms with Gasteiger partial charge in [0.1, 0.15) is 23.9 Å². The predicted molar refractivity (Wildman–Crippen MR) is 74.9 cm³/mol. The summed E-state index contributed by atoms with van der Waals surface area (Å²) in [6, 6.07) is 9.20. The molecule has 0 amide bonds. The van der Waals surface area contributed by atoms with Crippen LogP contribution in [-0.2, 0) is 4.79 Å². The first-order chi connectivity index (χ1) is 9.60. The van der Waals surface area contributed by atoms with Gasteiger partial charge in [0.05, 0.1) is 12.8 Å². The molecule has 2 aromatic rings. The molecule has 0 aliphatic carbocycles. The number of hydrogen-bond acceptors (Lipinski definition) is 5. The maximum absolute atomic E-state index is 10.6. The number of nitrogens with one attached hydrogen (secondary N) is 1. The van der Waals surface area contributed by atoms with Gasteiger partial charge in [-0.25, -0.2) is 9.97 Å². The lowest BCUT2D eigenvalue weighted by molar-refractivity contribution is -0.134. The maximum Gasteiger partial charge on any atom is 0.322 e. The second kappa shape index (κ2) is 6.01. The number of rotatable bonds is 5. The Bertz CT molecular complexity index is 629. The standard InChI is InChI=1S/C14H15N3O3/c1-9-16-11(7-13(17-9)15-8-14(18)19)10-5-3-4-6-12(10)20-2/h3-7H,8H2,1-2H3,(H,18,19)(H,15,16,17). The first kappa shape index (κ1) is 13.8. The minimum Gasteiger partial charge on any atom is -0.496 e. The highest BCUT2D eigenvalue weighted by Crippen LogP contribution is 2.29. The number of aliphatic carboxylic acids is 1. The number of carboxylic acid groups (broad SMARTS) is 1. The number of carboxylic acids is 1. The summed E-state index contributed by atoms with van der Waals surface area (Å²) in [6.45, 7) is 1.56. The zero-order valence-electron chi connectivity index (χ0n) is 11.3. The third kappa shape index (κ3) is 3.23. The summed E-state index contributed by atoms with van der Waals surface area (Å²) < 4.78 is 5.30. The summed E-state index contributed by atoms with van der Waals surface area (Å²) in [7, 11) is 1.59. The molecule has 104 valence electrons. The van der Waals surface area contributed by atoms with Gasteiger partial charge in [0.2, 0.25) is 0 Å². The van der Waals surface area contributed by atoms with Crippen LogP contribution in [0.25, 0.3) is 11.3 Å². The average molecular weight is 273 g/mol. The van der Waals surface area contributed by atoms with Gasteiger partial charge in [-0.3, -0.25) is 4.79 Å². The first-order valence-corrected chi connectivity index (χ1v) is 6.05. The molecule has 2 N–H and O–H groups in total. The van der Waals surface area contributed by atoms with Crippen molar-refractivity contribution in [2.24, 2.45) is 0 Å². The number of benzene rings is 1. The summed E-state index contributed by atoms with van der Waals surface area (Å²) in [5, 5.41) is 11.4. The van der Waals surface area contributed by atoms with Gasteiger partial charge in [-0.15, -0.1) is 0 Å². The second-order valence-electron chi connectivity index (χ2n) is 4.13. The number of ether oxygens (including phenoxy) is 1. The van der Waals surface area contributed by atoms with Crippen molar-refractivity contribution in [2.75, 3.05) is 19.0 Å². The van der Waals surface area contributed by atoms with Crippen molar-refractivity contribution < 1.29 is 14.6 Å². The third-order valence-electron chi connectivity index (χ3n) is 2.64. The number of carbonyl (C=O) groups is 1. The van der Waals surface area contributed by atoms with Gasteiger partial charge >= 0.3 is 5.97 Å². The van der Waals surface area contributed by atoms with Crippen LogP contribution in [0.3, 0.4) is 0 Å². The van der Waals surface area contributed by atoms with Gasteiger partial charge < -0.3 is 15.2 Å². The Morgan fingerprint density at radius 1 is 1.35 bits per heavy atom. The normalized spacial score (nSPS) is 10.1. The highest BCUT2D eigenvalue weighted by atomic mass is 16.5. The maximum atomic E-state index is 10.6. The van der Waals surface area contributed by atoms with Gasteiger partial charge in [0.25, 0.3) is 0 Å². The van der Waals surface area contributed by atoms with Crippen LogP contribution in [0.5, 0.6) is 5.75 Å². The van der Waals surface area contributed by atoms with E-state index < -0.39 is 5.97 Å². The molecule has 0 aliphatic rings. The van der Waals surface area contributed by atoms with Gasteiger partial charge in [-0.2, -0.15) is 0 Å². The monoisotopic (exact) mass is 273 g/mol. The van der Waals surface area contributed by atoms with E-state index in [1.165, 1.54) is 0 Å². The number of methoxy groups -OCH3 is 1. The van der Waals surface area contributed by atoms with Gasteiger partial charge in [-0.05, 0) is 19.1 Å². The second-order valence-corrected chi connectivity index (χ2v) is 4.13. The minimum absolute atomic E-state index is 0.193. The zero-order chi connectivity index (χ0) is 14.5. The number of anilines is 1. The van der Waals surface area contributed by atoms with E-state index >= 15 is 0 Å². The van der Waals surface area contributed by atoms with E-state index in [2.05, 4.69) is 15.3 Å². The van der Waals surface area contributed by atoms with Crippen LogP contribution in [0, 0.1) is 6.92 Å². The van der Waals surface area contributed by atoms with E-state index in [1.807, 2.05) is 24.3 Å². The van der Waals surface area contributed by atoms with Crippen molar-refractivity contribution in [1.82, 2.24) is 9.97 Å². The minimum atomic E-state index is -0.944. The fourth-order valence-corrected chi connectivity index (χ4v) is 1.82. The lowest BCUT2D eigenvalue weighted by Crippen LogP contribution is -2.13. The Balaban J connectivity index is 2.38. The Morgan fingerprint density at radius 2 is 2.10 bits per heavy atom. The van der Waals surface area contributed by atoms with Crippen LogP contribution in [-0.4, -0.2) is 34.7 Å². The molecular weight excluding hydrogens is 258 g/mol. The molecule has 1 aromatic carbocycles. The fourth-order valence-electron chi connectivity index (χ4n) is 1.82. The Morgan fingerprint density at radius 3 is 2.80 bits per heavy atom. The molecule has 6 heteroatoms. The number of aromatic nitrogens is 2.